The summed E-state index contributed by atoms with van der Waals surface area (Å²) in [4.78, 5) is 1.11. The molecule has 1 atom stereocenters. The first-order valence-corrected chi connectivity index (χ1v) is 8.09. The van der Waals surface area contributed by atoms with E-state index < -0.39 is 0 Å². The van der Waals surface area contributed by atoms with Gasteiger partial charge in [-0.05, 0) is 59.7 Å². The summed E-state index contributed by atoms with van der Waals surface area (Å²) in [5.74, 6) is 0.419. The Morgan fingerprint density at radius 3 is 2.81 bits per heavy atom. The molecule has 0 aliphatic carbocycles. The Hall–Kier alpha value is -1.10. The van der Waals surface area contributed by atoms with Crippen molar-refractivity contribution < 1.29 is 8.78 Å². The average molecular weight is 326 g/mol. The van der Waals surface area contributed by atoms with Crippen LogP contribution in [0, 0.1) is 11.6 Å². The molecule has 0 spiro atoms. The highest BCUT2D eigenvalue weighted by atomic mass is 35.5. The quantitative estimate of drug-likeness (QED) is 0.857. The Bertz CT molecular complexity index is 642. The summed E-state index contributed by atoms with van der Waals surface area (Å²) in [7, 11) is 0. The molecule has 1 heterocycles. The summed E-state index contributed by atoms with van der Waals surface area (Å²) in [5.41, 5.74) is 1.77. The van der Waals surface area contributed by atoms with Crippen LogP contribution in [0.3, 0.4) is 0 Å². The zero-order chi connectivity index (χ0) is 14.8. The molecule has 0 saturated carbocycles. The van der Waals surface area contributed by atoms with Crippen molar-refractivity contribution in [2.24, 2.45) is 0 Å². The molecule has 0 saturated heterocycles. The first-order valence-electron chi connectivity index (χ1n) is 6.72. The van der Waals surface area contributed by atoms with Gasteiger partial charge in [-0.15, -0.1) is 11.8 Å². The molecule has 3 rings (SSSR count). The highest BCUT2D eigenvalue weighted by Gasteiger charge is 2.20. The summed E-state index contributed by atoms with van der Waals surface area (Å²) in [5, 5.41) is 3.76. The normalized spacial score (nSPS) is 17.6. The smallest absolute Gasteiger partial charge is 0.125 e. The van der Waals surface area contributed by atoms with E-state index >= 15 is 0 Å². The molecule has 1 nitrogen and oxygen atoms in total. The van der Waals surface area contributed by atoms with Crippen molar-refractivity contribution in [1.29, 1.82) is 0 Å². The summed E-state index contributed by atoms with van der Waals surface area (Å²) in [6.45, 7) is 0.503. The molecule has 0 fully saturated rings. The van der Waals surface area contributed by atoms with Crippen LogP contribution in [0.1, 0.15) is 23.6 Å². The maximum Gasteiger partial charge on any atom is 0.125 e. The van der Waals surface area contributed by atoms with Crippen molar-refractivity contribution in [3.8, 4) is 0 Å². The molecule has 5 heteroatoms. The average Bonchev–Trinajstić information content (AvgIpc) is 2.44. The lowest BCUT2D eigenvalue weighted by Crippen LogP contribution is -2.24. The van der Waals surface area contributed by atoms with Crippen molar-refractivity contribution in [2.75, 3.05) is 5.75 Å². The first kappa shape index (κ1) is 14.8. The SMILES string of the molecule is Fc1cc(Cl)cc(CNC2CCSc3ccc(F)cc32)c1. The van der Waals surface area contributed by atoms with E-state index in [1.807, 2.05) is 6.07 Å². The van der Waals surface area contributed by atoms with E-state index in [0.29, 0.717) is 11.6 Å². The minimum Gasteiger partial charge on any atom is -0.306 e. The molecule has 0 radical (unpaired) electrons. The Morgan fingerprint density at radius 1 is 1.14 bits per heavy atom. The second kappa shape index (κ2) is 6.34. The molecular formula is C16H14ClF2NS. The van der Waals surface area contributed by atoms with Gasteiger partial charge in [-0.25, -0.2) is 8.78 Å². The van der Waals surface area contributed by atoms with E-state index in [9.17, 15) is 8.78 Å². The summed E-state index contributed by atoms with van der Waals surface area (Å²) in [6.07, 6.45) is 0.921. The zero-order valence-electron chi connectivity index (χ0n) is 11.2. The molecule has 110 valence electrons. The fraction of sp³-hybridized carbons (Fsp3) is 0.250. The van der Waals surface area contributed by atoms with Gasteiger partial charge in [0, 0.05) is 22.5 Å². The van der Waals surface area contributed by atoms with Crippen LogP contribution in [0.5, 0.6) is 0 Å². The number of nitrogens with one attached hydrogen (secondary N) is 1. The third-order valence-corrected chi connectivity index (χ3v) is 4.83. The minimum atomic E-state index is -0.343. The maximum absolute atomic E-state index is 13.4. The van der Waals surface area contributed by atoms with Gasteiger partial charge in [0.1, 0.15) is 11.6 Å². The fourth-order valence-electron chi connectivity index (χ4n) is 2.53. The zero-order valence-corrected chi connectivity index (χ0v) is 12.8. The number of halogens is 3. The summed E-state index contributed by atoms with van der Waals surface area (Å²) in [6, 6.07) is 9.46. The molecule has 2 aromatic rings. The number of thioether (sulfide) groups is 1. The van der Waals surface area contributed by atoms with Crippen LogP contribution < -0.4 is 5.32 Å². The second-order valence-corrected chi connectivity index (χ2v) is 6.60. The number of rotatable bonds is 3. The number of hydrogen-bond donors (Lipinski definition) is 1. The third kappa shape index (κ3) is 3.57. The maximum atomic E-state index is 13.4. The molecule has 0 amide bonds. The van der Waals surface area contributed by atoms with Gasteiger partial charge in [0.25, 0.3) is 0 Å². The van der Waals surface area contributed by atoms with Crippen LogP contribution in [-0.4, -0.2) is 5.75 Å². The standard InChI is InChI=1S/C16H14ClF2NS/c17-11-5-10(6-13(19)7-11)9-20-15-3-4-21-16-2-1-12(18)8-14(15)16/h1-2,5-8,15,20H,3-4,9H2. The molecule has 1 N–H and O–H groups in total. The summed E-state index contributed by atoms with van der Waals surface area (Å²) < 4.78 is 26.8. The fourth-order valence-corrected chi connectivity index (χ4v) is 3.88. The molecule has 2 aromatic carbocycles. The topological polar surface area (TPSA) is 12.0 Å². The van der Waals surface area contributed by atoms with Crippen LogP contribution in [0.15, 0.2) is 41.3 Å². The predicted molar refractivity (Wildman–Crippen MR) is 82.7 cm³/mol. The monoisotopic (exact) mass is 325 g/mol. The van der Waals surface area contributed by atoms with Gasteiger partial charge in [-0.1, -0.05) is 11.6 Å². The second-order valence-electron chi connectivity index (χ2n) is 5.03. The van der Waals surface area contributed by atoms with Crippen LogP contribution >= 0.6 is 23.4 Å². The molecular weight excluding hydrogens is 312 g/mol. The molecule has 1 aliphatic heterocycles. The van der Waals surface area contributed by atoms with Gasteiger partial charge in [0.15, 0.2) is 0 Å². The van der Waals surface area contributed by atoms with Gasteiger partial charge < -0.3 is 5.32 Å². The highest BCUT2D eigenvalue weighted by molar-refractivity contribution is 7.99. The van der Waals surface area contributed by atoms with Crippen LogP contribution in [0.25, 0.3) is 0 Å². The van der Waals surface area contributed by atoms with Gasteiger partial charge in [0.05, 0.1) is 0 Å². The van der Waals surface area contributed by atoms with Gasteiger partial charge in [-0.2, -0.15) is 0 Å². The Kier molecular flexibility index (Phi) is 4.48. The lowest BCUT2D eigenvalue weighted by atomic mass is 10.0. The van der Waals surface area contributed by atoms with E-state index in [-0.39, 0.29) is 17.7 Å². The van der Waals surface area contributed by atoms with E-state index in [1.165, 1.54) is 18.2 Å². The summed E-state index contributed by atoms with van der Waals surface area (Å²) >= 11 is 7.59. The predicted octanol–water partition coefficient (Wildman–Crippen LogP) is 4.94. The lowest BCUT2D eigenvalue weighted by Gasteiger charge is -2.26. The molecule has 0 bridgehead atoms. The van der Waals surface area contributed by atoms with Gasteiger partial charge in [0.2, 0.25) is 0 Å². The van der Waals surface area contributed by atoms with Crippen LogP contribution in [0.4, 0.5) is 8.78 Å². The Labute approximate surface area is 131 Å². The van der Waals surface area contributed by atoms with E-state index in [0.717, 1.165) is 28.2 Å². The first-order chi connectivity index (χ1) is 10.1. The van der Waals surface area contributed by atoms with E-state index in [1.54, 1.807) is 23.9 Å². The Balaban J connectivity index is 1.76. The van der Waals surface area contributed by atoms with Crippen molar-refractivity contribution in [2.45, 2.75) is 23.9 Å². The molecule has 21 heavy (non-hydrogen) atoms. The molecule has 0 aromatic heterocycles. The van der Waals surface area contributed by atoms with E-state index in [2.05, 4.69) is 5.32 Å². The van der Waals surface area contributed by atoms with Crippen molar-refractivity contribution in [3.63, 3.8) is 0 Å². The van der Waals surface area contributed by atoms with Crippen molar-refractivity contribution >= 4 is 23.4 Å². The Morgan fingerprint density at radius 2 is 2.00 bits per heavy atom. The number of benzene rings is 2. The lowest BCUT2D eigenvalue weighted by molar-refractivity contribution is 0.503. The third-order valence-electron chi connectivity index (χ3n) is 3.49. The molecule has 1 unspecified atom stereocenters. The van der Waals surface area contributed by atoms with E-state index in [4.69, 9.17) is 11.6 Å². The number of hydrogen-bond acceptors (Lipinski definition) is 2. The van der Waals surface area contributed by atoms with Crippen LogP contribution in [-0.2, 0) is 6.54 Å². The van der Waals surface area contributed by atoms with Gasteiger partial charge in [-0.3, -0.25) is 0 Å². The number of fused-ring (bicyclic) bond motifs is 1. The van der Waals surface area contributed by atoms with Crippen LogP contribution in [0.2, 0.25) is 5.02 Å². The van der Waals surface area contributed by atoms with Crippen molar-refractivity contribution in [3.05, 3.63) is 64.2 Å². The largest absolute Gasteiger partial charge is 0.306 e. The van der Waals surface area contributed by atoms with Crippen molar-refractivity contribution in [1.82, 2.24) is 5.32 Å². The van der Waals surface area contributed by atoms with Gasteiger partial charge >= 0.3 is 0 Å². The molecule has 1 aliphatic rings. The minimum absolute atomic E-state index is 0.0824. The highest BCUT2D eigenvalue weighted by Crippen LogP contribution is 2.36.